The summed E-state index contributed by atoms with van der Waals surface area (Å²) in [6.45, 7) is 3.05. The van der Waals surface area contributed by atoms with Gasteiger partial charge in [0.15, 0.2) is 0 Å². The van der Waals surface area contributed by atoms with Crippen molar-refractivity contribution < 1.29 is 14.6 Å². The molecule has 0 amide bonds. The molecule has 0 aromatic rings. The summed E-state index contributed by atoms with van der Waals surface area (Å²) in [5, 5.41) is 9.35. The summed E-state index contributed by atoms with van der Waals surface area (Å²) in [6.07, 6.45) is 3.55. The van der Waals surface area contributed by atoms with Crippen LogP contribution in [0.2, 0.25) is 0 Å². The zero-order valence-corrected chi connectivity index (χ0v) is 8.37. The monoisotopic (exact) mass is 199 g/mol. The Hall–Kier alpha value is -0.610. The zero-order valence-electron chi connectivity index (χ0n) is 8.37. The summed E-state index contributed by atoms with van der Waals surface area (Å²) in [5.41, 5.74) is -0.616. The third kappa shape index (κ3) is 1.53. The minimum absolute atomic E-state index is 0.586. The molecule has 2 fully saturated rings. The molecule has 2 aliphatic rings. The Bertz CT molecular complexity index is 217. The maximum Gasteiger partial charge on any atom is 0.324 e. The smallest absolute Gasteiger partial charge is 0.324 e. The van der Waals surface area contributed by atoms with Crippen molar-refractivity contribution in [2.45, 2.75) is 31.2 Å². The molecule has 0 aromatic carbocycles. The van der Waals surface area contributed by atoms with E-state index in [1.807, 2.05) is 0 Å². The summed E-state index contributed by atoms with van der Waals surface area (Å²) < 4.78 is 5.24. The lowest BCUT2D eigenvalue weighted by Gasteiger charge is -2.40. The number of aliphatic carboxylic acids is 1. The molecule has 0 unspecified atom stereocenters. The number of hydrogen-bond acceptors (Lipinski definition) is 3. The molecule has 80 valence electrons. The van der Waals surface area contributed by atoms with Gasteiger partial charge in [0.05, 0.1) is 0 Å². The fraction of sp³-hybridized carbons (Fsp3) is 0.900. The predicted molar refractivity (Wildman–Crippen MR) is 51.2 cm³/mol. The van der Waals surface area contributed by atoms with Crippen molar-refractivity contribution in [2.75, 3.05) is 26.3 Å². The Morgan fingerprint density at radius 1 is 1.21 bits per heavy atom. The second kappa shape index (κ2) is 3.87. The van der Waals surface area contributed by atoms with Crippen molar-refractivity contribution >= 4 is 5.97 Å². The van der Waals surface area contributed by atoms with Crippen molar-refractivity contribution in [3.05, 3.63) is 0 Å². The first kappa shape index (κ1) is 9.93. The molecule has 0 aliphatic carbocycles. The van der Waals surface area contributed by atoms with Gasteiger partial charge in [-0.15, -0.1) is 0 Å². The molecule has 2 rings (SSSR count). The number of carboxylic acids is 1. The Kier molecular flexibility index (Phi) is 2.74. The van der Waals surface area contributed by atoms with Gasteiger partial charge in [-0.2, -0.15) is 0 Å². The van der Waals surface area contributed by atoms with Crippen LogP contribution in [-0.4, -0.2) is 47.8 Å². The van der Waals surface area contributed by atoms with Crippen LogP contribution in [0.3, 0.4) is 0 Å². The average Bonchev–Trinajstić information content (AvgIpc) is 2.72. The minimum Gasteiger partial charge on any atom is -0.480 e. The highest BCUT2D eigenvalue weighted by Crippen LogP contribution is 2.31. The molecule has 2 saturated heterocycles. The fourth-order valence-corrected chi connectivity index (χ4v) is 2.52. The number of carboxylic acid groups (broad SMARTS) is 1. The lowest BCUT2D eigenvalue weighted by Crippen LogP contribution is -2.56. The van der Waals surface area contributed by atoms with Gasteiger partial charge in [0.25, 0.3) is 0 Å². The van der Waals surface area contributed by atoms with Crippen LogP contribution < -0.4 is 0 Å². The van der Waals surface area contributed by atoms with Crippen LogP contribution in [0.15, 0.2) is 0 Å². The Labute approximate surface area is 83.8 Å². The zero-order chi connectivity index (χ0) is 10.0. The van der Waals surface area contributed by atoms with Crippen molar-refractivity contribution in [2.24, 2.45) is 0 Å². The number of rotatable bonds is 2. The number of hydrogen-bond donors (Lipinski definition) is 1. The second-order valence-corrected chi connectivity index (χ2v) is 4.14. The second-order valence-electron chi connectivity index (χ2n) is 4.14. The van der Waals surface area contributed by atoms with E-state index in [9.17, 15) is 9.90 Å². The van der Waals surface area contributed by atoms with E-state index in [1.54, 1.807) is 0 Å². The van der Waals surface area contributed by atoms with Crippen LogP contribution in [0.1, 0.15) is 25.7 Å². The summed E-state index contributed by atoms with van der Waals surface area (Å²) in [5.74, 6) is -0.664. The first-order valence-corrected chi connectivity index (χ1v) is 5.32. The highest BCUT2D eigenvalue weighted by molar-refractivity contribution is 5.79. The van der Waals surface area contributed by atoms with Gasteiger partial charge in [0.1, 0.15) is 5.54 Å². The molecular weight excluding hydrogens is 182 g/mol. The highest BCUT2D eigenvalue weighted by atomic mass is 16.5. The van der Waals surface area contributed by atoms with Crippen molar-refractivity contribution in [1.29, 1.82) is 0 Å². The van der Waals surface area contributed by atoms with Crippen molar-refractivity contribution in [1.82, 2.24) is 4.90 Å². The first-order valence-electron chi connectivity index (χ1n) is 5.32. The standard InChI is InChI=1S/C10H17NO3/c12-9(13)10(3-7-14-8-4-10)11-5-1-2-6-11/h1-8H2,(H,12,13). The van der Waals surface area contributed by atoms with Crippen LogP contribution in [0, 0.1) is 0 Å². The van der Waals surface area contributed by atoms with Crippen LogP contribution in [0.25, 0.3) is 0 Å². The quantitative estimate of drug-likeness (QED) is 0.711. The van der Waals surface area contributed by atoms with Gasteiger partial charge in [-0.1, -0.05) is 0 Å². The van der Waals surface area contributed by atoms with Crippen LogP contribution in [0.4, 0.5) is 0 Å². The molecule has 4 nitrogen and oxygen atoms in total. The molecule has 0 aromatic heterocycles. The summed E-state index contributed by atoms with van der Waals surface area (Å²) in [6, 6.07) is 0. The molecule has 0 bridgehead atoms. The largest absolute Gasteiger partial charge is 0.480 e. The lowest BCUT2D eigenvalue weighted by molar-refractivity contribution is -0.157. The minimum atomic E-state index is -0.664. The number of ether oxygens (including phenoxy) is 1. The van der Waals surface area contributed by atoms with E-state index in [0.29, 0.717) is 26.1 Å². The fourth-order valence-electron chi connectivity index (χ4n) is 2.52. The van der Waals surface area contributed by atoms with E-state index in [0.717, 1.165) is 25.9 Å². The summed E-state index contributed by atoms with van der Waals surface area (Å²) in [4.78, 5) is 13.5. The van der Waals surface area contributed by atoms with E-state index < -0.39 is 11.5 Å². The molecule has 2 aliphatic heterocycles. The first-order chi connectivity index (χ1) is 6.76. The molecule has 0 spiro atoms. The van der Waals surface area contributed by atoms with Gasteiger partial charge in [-0.3, -0.25) is 9.69 Å². The van der Waals surface area contributed by atoms with E-state index in [2.05, 4.69) is 4.90 Å². The Morgan fingerprint density at radius 2 is 1.79 bits per heavy atom. The van der Waals surface area contributed by atoms with Crippen LogP contribution in [0.5, 0.6) is 0 Å². The summed E-state index contributed by atoms with van der Waals surface area (Å²) >= 11 is 0. The Balaban J connectivity index is 2.15. The van der Waals surface area contributed by atoms with Gasteiger partial charge < -0.3 is 9.84 Å². The van der Waals surface area contributed by atoms with E-state index >= 15 is 0 Å². The molecule has 0 radical (unpaired) electrons. The normalized spacial score (nSPS) is 27.7. The number of nitrogens with zero attached hydrogens (tertiary/aromatic N) is 1. The Morgan fingerprint density at radius 3 is 2.29 bits per heavy atom. The predicted octanol–water partition coefficient (Wildman–Crippen LogP) is 0.716. The van der Waals surface area contributed by atoms with Crippen molar-refractivity contribution in [3.8, 4) is 0 Å². The van der Waals surface area contributed by atoms with Crippen molar-refractivity contribution in [3.63, 3.8) is 0 Å². The lowest BCUT2D eigenvalue weighted by atomic mass is 9.88. The van der Waals surface area contributed by atoms with Crippen LogP contribution >= 0.6 is 0 Å². The van der Waals surface area contributed by atoms with Gasteiger partial charge in [0.2, 0.25) is 0 Å². The SMILES string of the molecule is O=C(O)C1(N2CCCC2)CCOCC1. The molecule has 2 heterocycles. The van der Waals surface area contributed by atoms with Crippen LogP contribution in [-0.2, 0) is 9.53 Å². The molecule has 0 atom stereocenters. The van der Waals surface area contributed by atoms with Gasteiger partial charge in [-0.05, 0) is 38.8 Å². The maximum atomic E-state index is 11.4. The van der Waals surface area contributed by atoms with E-state index in [4.69, 9.17) is 4.74 Å². The van der Waals surface area contributed by atoms with Gasteiger partial charge >= 0.3 is 5.97 Å². The molecule has 1 N–H and O–H groups in total. The van der Waals surface area contributed by atoms with Gasteiger partial charge in [-0.25, -0.2) is 0 Å². The van der Waals surface area contributed by atoms with Gasteiger partial charge in [0, 0.05) is 13.2 Å². The molecule has 4 heteroatoms. The third-order valence-electron chi connectivity index (χ3n) is 3.43. The number of carbonyl (C=O) groups is 1. The highest BCUT2D eigenvalue weighted by Gasteiger charge is 2.46. The topological polar surface area (TPSA) is 49.8 Å². The third-order valence-corrected chi connectivity index (χ3v) is 3.43. The van der Waals surface area contributed by atoms with E-state index in [1.165, 1.54) is 0 Å². The molecule has 14 heavy (non-hydrogen) atoms. The average molecular weight is 199 g/mol. The maximum absolute atomic E-state index is 11.4. The number of likely N-dealkylation sites (tertiary alicyclic amines) is 1. The van der Waals surface area contributed by atoms with E-state index in [-0.39, 0.29) is 0 Å². The molecule has 0 saturated carbocycles. The molecular formula is C10H17NO3. The summed E-state index contributed by atoms with van der Waals surface area (Å²) in [7, 11) is 0.